The minimum absolute atomic E-state index is 0.0251. The van der Waals surface area contributed by atoms with Gasteiger partial charge in [0.25, 0.3) is 0 Å². The van der Waals surface area contributed by atoms with E-state index in [2.05, 4.69) is 61.7 Å². The van der Waals surface area contributed by atoms with Crippen molar-refractivity contribution in [2.45, 2.75) is 51.9 Å². The van der Waals surface area contributed by atoms with Gasteiger partial charge in [-0.05, 0) is 43.5 Å². The van der Waals surface area contributed by atoms with Crippen molar-refractivity contribution in [1.29, 1.82) is 0 Å². The molecule has 126 valence electrons. The van der Waals surface area contributed by atoms with Crippen LogP contribution in [0.4, 0.5) is 5.69 Å². The summed E-state index contributed by atoms with van der Waals surface area (Å²) in [6, 6.07) is 13.1. The molecule has 0 bridgehead atoms. The predicted molar refractivity (Wildman–Crippen MR) is 98.5 cm³/mol. The molecule has 24 heavy (non-hydrogen) atoms. The van der Waals surface area contributed by atoms with Gasteiger partial charge in [0.05, 0.1) is 5.41 Å². The number of hydrogen-bond acceptors (Lipinski definition) is 1. The van der Waals surface area contributed by atoms with Crippen LogP contribution in [0.25, 0.3) is 10.8 Å². The molecule has 1 aliphatic rings. The fourth-order valence-corrected chi connectivity index (χ4v) is 3.85. The van der Waals surface area contributed by atoms with Crippen molar-refractivity contribution in [2.24, 2.45) is 0 Å². The Kier molecular flexibility index (Phi) is 4.44. The van der Waals surface area contributed by atoms with Gasteiger partial charge in [-0.2, -0.15) is 4.58 Å². The molecule has 0 radical (unpaired) electrons. The number of carbonyl (C=O) groups is 1. The molecule has 3 heteroatoms. The third-order valence-corrected chi connectivity index (χ3v) is 5.40. The number of hydrogen-bond donors (Lipinski definition) is 1. The van der Waals surface area contributed by atoms with E-state index in [0.29, 0.717) is 0 Å². The lowest BCUT2D eigenvalue weighted by Gasteiger charge is -2.17. The van der Waals surface area contributed by atoms with Gasteiger partial charge in [-0.25, -0.2) is 0 Å². The maximum atomic E-state index is 10.6. The molecule has 0 amide bonds. The summed E-state index contributed by atoms with van der Waals surface area (Å²) < 4.78 is 2.43. The Bertz CT molecular complexity index is 818. The van der Waals surface area contributed by atoms with Crippen LogP contribution in [-0.2, 0) is 10.2 Å². The fraction of sp³-hybridized carbons (Fsp3) is 0.429. The molecule has 1 N–H and O–H groups in total. The van der Waals surface area contributed by atoms with Gasteiger partial charge in [-0.3, -0.25) is 4.79 Å². The molecule has 0 spiro atoms. The molecular formula is C21H26NO2+. The second-order valence-electron chi connectivity index (χ2n) is 7.25. The van der Waals surface area contributed by atoms with Gasteiger partial charge in [0, 0.05) is 31.4 Å². The van der Waals surface area contributed by atoms with Crippen LogP contribution < -0.4 is 0 Å². The maximum Gasteiger partial charge on any atom is 0.303 e. The van der Waals surface area contributed by atoms with Gasteiger partial charge in [0.15, 0.2) is 5.71 Å². The van der Waals surface area contributed by atoms with Crippen LogP contribution in [0.15, 0.2) is 36.4 Å². The smallest absolute Gasteiger partial charge is 0.303 e. The summed E-state index contributed by atoms with van der Waals surface area (Å²) >= 11 is 0. The lowest BCUT2D eigenvalue weighted by molar-refractivity contribution is -0.439. The van der Waals surface area contributed by atoms with Crippen molar-refractivity contribution in [3.8, 4) is 0 Å². The van der Waals surface area contributed by atoms with E-state index in [9.17, 15) is 4.79 Å². The molecule has 3 rings (SSSR count). The van der Waals surface area contributed by atoms with Crippen LogP contribution in [0.5, 0.6) is 0 Å². The van der Waals surface area contributed by atoms with Gasteiger partial charge in [-0.1, -0.05) is 24.3 Å². The molecule has 0 unspecified atom stereocenters. The van der Waals surface area contributed by atoms with Gasteiger partial charge < -0.3 is 5.11 Å². The van der Waals surface area contributed by atoms with E-state index >= 15 is 0 Å². The van der Waals surface area contributed by atoms with Crippen molar-refractivity contribution < 1.29 is 14.5 Å². The Labute approximate surface area is 143 Å². The standard InChI is InChI=1S/C21H25NO2/c1-15-21(2,3)20-17-10-7-6-9-16(17)12-13-18(20)22(15)14-8-4-5-11-19(23)24/h6-7,9-10,12-13H,4-5,8,11,14H2,1-3H3/p+1. The van der Waals surface area contributed by atoms with Crippen molar-refractivity contribution in [1.82, 2.24) is 0 Å². The number of fused-ring (bicyclic) bond motifs is 3. The molecule has 2 aromatic rings. The second-order valence-corrected chi connectivity index (χ2v) is 7.25. The summed E-state index contributed by atoms with van der Waals surface area (Å²) in [5.74, 6) is -0.697. The van der Waals surface area contributed by atoms with Crippen molar-refractivity contribution >= 4 is 28.1 Å². The molecule has 0 saturated heterocycles. The van der Waals surface area contributed by atoms with Gasteiger partial charge in [0.1, 0.15) is 6.54 Å². The Morgan fingerprint density at radius 3 is 2.58 bits per heavy atom. The maximum absolute atomic E-state index is 10.6. The zero-order valence-electron chi connectivity index (χ0n) is 14.8. The summed E-state index contributed by atoms with van der Waals surface area (Å²) in [5.41, 5.74) is 4.14. The van der Waals surface area contributed by atoms with E-state index in [4.69, 9.17) is 5.11 Å². The third-order valence-electron chi connectivity index (χ3n) is 5.40. The number of rotatable bonds is 6. The van der Waals surface area contributed by atoms with Crippen LogP contribution in [0, 0.1) is 0 Å². The minimum atomic E-state index is -0.697. The van der Waals surface area contributed by atoms with E-state index < -0.39 is 5.97 Å². The molecule has 1 aliphatic heterocycles. The minimum Gasteiger partial charge on any atom is -0.481 e. The molecule has 0 fully saturated rings. The molecule has 0 aromatic heterocycles. The van der Waals surface area contributed by atoms with Gasteiger partial charge in [0.2, 0.25) is 5.69 Å². The summed E-state index contributed by atoms with van der Waals surface area (Å²) in [7, 11) is 0. The Morgan fingerprint density at radius 2 is 1.83 bits per heavy atom. The summed E-state index contributed by atoms with van der Waals surface area (Å²) in [4.78, 5) is 10.6. The molecule has 0 aliphatic carbocycles. The highest BCUT2D eigenvalue weighted by atomic mass is 16.4. The number of aliphatic carboxylic acids is 1. The highest BCUT2D eigenvalue weighted by molar-refractivity contribution is 6.01. The van der Waals surface area contributed by atoms with Crippen molar-refractivity contribution in [2.75, 3.05) is 6.54 Å². The topological polar surface area (TPSA) is 40.3 Å². The normalized spacial score (nSPS) is 15.8. The zero-order valence-corrected chi connectivity index (χ0v) is 14.8. The first kappa shape index (κ1) is 16.7. The van der Waals surface area contributed by atoms with Crippen LogP contribution in [0.1, 0.15) is 52.0 Å². The van der Waals surface area contributed by atoms with Crippen LogP contribution in [0.3, 0.4) is 0 Å². The molecule has 1 heterocycles. The van der Waals surface area contributed by atoms with E-state index in [-0.39, 0.29) is 11.8 Å². The summed E-state index contributed by atoms with van der Waals surface area (Å²) in [6.07, 6.45) is 3.01. The third kappa shape index (κ3) is 2.83. The number of nitrogens with zero attached hydrogens (tertiary/aromatic N) is 1. The molecular weight excluding hydrogens is 298 g/mol. The highest BCUT2D eigenvalue weighted by Gasteiger charge is 2.43. The SMILES string of the molecule is CC1=[N+](CCCCCC(=O)O)c2ccc3ccccc3c2C1(C)C. The average Bonchev–Trinajstić information content (AvgIpc) is 2.75. The van der Waals surface area contributed by atoms with Crippen LogP contribution in [0.2, 0.25) is 0 Å². The number of benzene rings is 2. The first-order chi connectivity index (χ1) is 11.4. The van der Waals surface area contributed by atoms with E-state index in [1.54, 1.807) is 0 Å². The average molecular weight is 324 g/mol. The first-order valence-corrected chi connectivity index (χ1v) is 8.78. The van der Waals surface area contributed by atoms with Crippen molar-refractivity contribution in [3.63, 3.8) is 0 Å². The first-order valence-electron chi connectivity index (χ1n) is 8.78. The fourth-order valence-electron chi connectivity index (χ4n) is 3.85. The quantitative estimate of drug-likeness (QED) is 0.607. The molecule has 0 saturated carbocycles. The monoisotopic (exact) mass is 324 g/mol. The van der Waals surface area contributed by atoms with Crippen molar-refractivity contribution in [3.05, 3.63) is 42.0 Å². The Balaban J connectivity index is 1.88. The van der Waals surface area contributed by atoms with Crippen LogP contribution in [-0.4, -0.2) is 27.9 Å². The van der Waals surface area contributed by atoms with Gasteiger partial charge in [-0.15, -0.1) is 0 Å². The van der Waals surface area contributed by atoms with Gasteiger partial charge >= 0.3 is 5.97 Å². The van der Waals surface area contributed by atoms with E-state index in [1.807, 2.05) is 0 Å². The second kappa shape index (κ2) is 6.39. The molecule has 0 atom stereocenters. The molecule has 3 nitrogen and oxygen atoms in total. The molecule has 2 aromatic carbocycles. The predicted octanol–water partition coefficient (Wildman–Crippen LogP) is 4.88. The lowest BCUT2D eigenvalue weighted by Crippen LogP contribution is -2.26. The number of unbranched alkanes of at least 4 members (excludes halogenated alkanes) is 2. The number of carboxylic acids is 1. The highest BCUT2D eigenvalue weighted by Crippen LogP contribution is 2.43. The zero-order chi connectivity index (χ0) is 17.3. The lowest BCUT2D eigenvalue weighted by atomic mass is 9.80. The van der Waals surface area contributed by atoms with E-state index in [0.717, 1.165) is 25.8 Å². The largest absolute Gasteiger partial charge is 0.481 e. The summed E-state index contributed by atoms with van der Waals surface area (Å²) in [5, 5.41) is 11.4. The van der Waals surface area contributed by atoms with Crippen LogP contribution >= 0.6 is 0 Å². The Hall–Kier alpha value is -2.16. The van der Waals surface area contributed by atoms with E-state index in [1.165, 1.54) is 27.7 Å². The summed E-state index contributed by atoms with van der Waals surface area (Å²) in [6.45, 7) is 7.79. The Morgan fingerprint density at radius 1 is 1.08 bits per heavy atom. The number of carboxylic acid groups (broad SMARTS) is 1.